The zero-order valence-electron chi connectivity index (χ0n) is 10.2. The zero-order valence-corrected chi connectivity index (χ0v) is 10.2. The van der Waals surface area contributed by atoms with Gasteiger partial charge in [-0.15, -0.1) is 0 Å². The number of carbonyl (C=O) groups excluding carboxylic acids is 2. The number of amides is 1. The van der Waals surface area contributed by atoms with Gasteiger partial charge in [0.25, 0.3) is 5.91 Å². The predicted octanol–water partition coefficient (Wildman–Crippen LogP) is 0.787. The number of aldehydes is 1. The van der Waals surface area contributed by atoms with E-state index in [2.05, 4.69) is 11.9 Å². The monoisotopic (exact) mass is 238 g/mol. The van der Waals surface area contributed by atoms with Crippen LogP contribution < -0.4 is 5.32 Å². The molecule has 0 bridgehead atoms. The van der Waals surface area contributed by atoms with E-state index in [-0.39, 0.29) is 11.7 Å². The molecule has 0 aromatic rings. The van der Waals surface area contributed by atoms with Gasteiger partial charge in [0.05, 0.1) is 11.7 Å². The average Bonchev–Trinajstić information content (AvgIpc) is 2.32. The SMILES string of the molecule is C=C1NC(=O)C(C=O)=CN1CCC(CC)OC. The summed E-state index contributed by atoms with van der Waals surface area (Å²) in [6, 6.07) is 0. The van der Waals surface area contributed by atoms with E-state index in [0.29, 0.717) is 18.7 Å². The number of methoxy groups -OCH3 is 1. The highest BCUT2D eigenvalue weighted by atomic mass is 16.5. The maximum atomic E-state index is 11.3. The van der Waals surface area contributed by atoms with E-state index in [1.807, 2.05) is 6.92 Å². The maximum absolute atomic E-state index is 11.3. The van der Waals surface area contributed by atoms with E-state index in [1.165, 1.54) is 6.20 Å². The highest BCUT2D eigenvalue weighted by Gasteiger charge is 2.20. The fourth-order valence-electron chi connectivity index (χ4n) is 1.63. The standard InChI is InChI=1S/C12H18N2O3/c1-4-11(17-3)5-6-14-7-10(8-15)12(16)13-9(14)2/h7-8,11H,2,4-6H2,1,3H3,(H,13,16). The van der Waals surface area contributed by atoms with E-state index >= 15 is 0 Å². The van der Waals surface area contributed by atoms with Crippen LogP contribution in [-0.2, 0) is 14.3 Å². The molecular weight excluding hydrogens is 220 g/mol. The van der Waals surface area contributed by atoms with Crippen molar-refractivity contribution in [1.29, 1.82) is 0 Å². The number of nitrogens with one attached hydrogen (secondary N) is 1. The maximum Gasteiger partial charge on any atom is 0.261 e. The van der Waals surface area contributed by atoms with E-state index in [0.717, 1.165) is 12.8 Å². The van der Waals surface area contributed by atoms with Crippen LogP contribution in [0.25, 0.3) is 0 Å². The Labute approximate surface area is 101 Å². The van der Waals surface area contributed by atoms with Crippen LogP contribution >= 0.6 is 0 Å². The van der Waals surface area contributed by atoms with Crippen molar-refractivity contribution in [1.82, 2.24) is 10.2 Å². The Morgan fingerprint density at radius 3 is 2.88 bits per heavy atom. The zero-order chi connectivity index (χ0) is 12.8. The third-order valence-corrected chi connectivity index (χ3v) is 2.77. The quantitative estimate of drug-likeness (QED) is 0.549. The van der Waals surface area contributed by atoms with Gasteiger partial charge in [-0.2, -0.15) is 0 Å². The summed E-state index contributed by atoms with van der Waals surface area (Å²) in [6.07, 6.45) is 3.98. The van der Waals surface area contributed by atoms with Crippen LogP contribution in [0.2, 0.25) is 0 Å². The van der Waals surface area contributed by atoms with Gasteiger partial charge in [0.15, 0.2) is 6.29 Å². The van der Waals surface area contributed by atoms with Crippen LogP contribution in [0.1, 0.15) is 19.8 Å². The van der Waals surface area contributed by atoms with Crippen LogP contribution in [0.5, 0.6) is 0 Å². The molecule has 0 aromatic heterocycles. The Morgan fingerprint density at radius 1 is 1.65 bits per heavy atom. The second-order valence-corrected chi connectivity index (χ2v) is 3.85. The molecule has 0 fully saturated rings. The molecule has 0 aliphatic carbocycles. The number of hydrogen-bond donors (Lipinski definition) is 1. The summed E-state index contributed by atoms with van der Waals surface area (Å²) >= 11 is 0. The van der Waals surface area contributed by atoms with Crippen LogP contribution in [-0.4, -0.2) is 36.9 Å². The Bertz CT molecular complexity index is 346. The lowest BCUT2D eigenvalue weighted by molar-refractivity contribution is -0.119. The Hall–Kier alpha value is -1.62. The summed E-state index contributed by atoms with van der Waals surface area (Å²) in [6.45, 7) is 6.44. The summed E-state index contributed by atoms with van der Waals surface area (Å²) in [5.74, 6) is 0.0894. The van der Waals surface area contributed by atoms with Gasteiger partial charge in [0, 0.05) is 19.9 Å². The van der Waals surface area contributed by atoms with E-state index in [1.54, 1.807) is 12.0 Å². The summed E-state index contributed by atoms with van der Waals surface area (Å²) in [5, 5.41) is 2.54. The average molecular weight is 238 g/mol. The van der Waals surface area contributed by atoms with Crippen LogP contribution in [0.4, 0.5) is 0 Å². The molecule has 0 spiro atoms. The van der Waals surface area contributed by atoms with E-state index < -0.39 is 5.91 Å². The molecule has 1 aliphatic rings. The number of hydrogen-bond acceptors (Lipinski definition) is 4. The molecular formula is C12H18N2O3. The molecule has 1 heterocycles. The minimum atomic E-state index is -0.403. The molecule has 1 aliphatic heterocycles. The lowest BCUT2D eigenvalue weighted by atomic mass is 10.2. The molecule has 0 saturated heterocycles. The minimum Gasteiger partial charge on any atom is -0.381 e. The van der Waals surface area contributed by atoms with Crippen molar-refractivity contribution in [3.63, 3.8) is 0 Å². The molecule has 1 amide bonds. The largest absolute Gasteiger partial charge is 0.381 e. The van der Waals surface area contributed by atoms with Gasteiger partial charge in [0.2, 0.25) is 0 Å². The number of nitrogens with zero attached hydrogens (tertiary/aromatic N) is 1. The third-order valence-electron chi connectivity index (χ3n) is 2.77. The molecule has 1 unspecified atom stereocenters. The van der Waals surface area contributed by atoms with Gasteiger partial charge in [-0.25, -0.2) is 0 Å². The molecule has 1 N–H and O–H groups in total. The highest BCUT2D eigenvalue weighted by molar-refractivity contribution is 6.11. The second kappa shape index (κ2) is 6.20. The summed E-state index contributed by atoms with van der Waals surface area (Å²) in [7, 11) is 1.67. The van der Waals surface area contributed by atoms with E-state index in [9.17, 15) is 9.59 Å². The second-order valence-electron chi connectivity index (χ2n) is 3.85. The molecule has 1 rings (SSSR count). The molecule has 0 radical (unpaired) electrons. The number of carbonyl (C=O) groups is 2. The predicted molar refractivity (Wildman–Crippen MR) is 63.8 cm³/mol. The van der Waals surface area contributed by atoms with Crippen molar-refractivity contribution in [3.05, 3.63) is 24.2 Å². The molecule has 0 aromatic carbocycles. The number of ether oxygens (including phenoxy) is 1. The Balaban J connectivity index is 2.63. The van der Waals surface area contributed by atoms with Gasteiger partial charge in [-0.05, 0) is 12.8 Å². The Morgan fingerprint density at radius 2 is 2.35 bits per heavy atom. The Kier molecular flexibility index (Phi) is 4.90. The van der Waals surface area contributed by atoms with Crippen molar-refractivity contribution in [3.8, 4) is 0 Å². The van der Waals surface area contributed by atoms with Crippen LogP contribution in [0.3, 0.4) is 0 Å². The van der Waals surface area contributed by atoms with Crippen molar-refractivity contribution < 1.29 is 14.3 Å². The van der Waals surface area contributed by atoms with Gasteiger partial charge >= 0.3 is 0 Å². The normalized spacial score (nSPS) is 17.5. The molecule has 0 saturated carbocycles. The topological polar surface area (TPSA) is 58.6 Å². The van der Waals surface area contributed by atoms with Crippen molar-refractivity contribution in [2.24, 2.45) is 0 Å². The first-order chi connectivity index (χ1) is 8.12. The van der Waals surface area contributed by atoms with Crippen molar-refractivity contribution in [2.45, 2.75) is 25.9 Å². The first-order valence-corrected chi connectivity index (χ1v) is 5.59. The van der Waals surface area contributed by atoms with Crippen LogP contribution in [0.15, 0.2) is 24.2 Å². The molecule has 5 nitrogen and oxygen atoms in total. The lowest BCUT2D eigenvalue weighted by Gasteiger charge is -2.28. The minimum absolute atomic E-state index is 0.114. The first-order valence-electron chi connectivity index (χ1n) is 5.59. The van der Waals surface area contributed by atoms with E-state index in [4.69, 9.17) is 4.74 Å². The van der Waals surface area contributed by atoms with Crippen LogP contribution in [0, 0.1) is 0 Å². The highest BCUT2D eigenvalue weighted by Crippen LogP contribution is 2.12. The molecule has 1 atom stereocenters. The molecule has 5 heteroatoms. The van der Waals surface area contributed by atoms with Crippen molar-refractivity contribution in [2.75, 3.05) is 13.7 Å². The fourth-order valence-corrected chi connectivity index (χ4v) is 1.63. The van der Waals surface area contributed by atoms with Gasteiger partial charge < -0.3 is 15.0 Å². The summed E-state index contributed by atoms with van der Waals surface area (Å²) in [4.78, 5) is 23.7. The van der Waals surface area contributed by atoms with Gasteiger partial charge in [0.1, 0.15) is 5.82 Å². The molecule has 94 valence electrons. The van der Waals surface area contributed by atoms with Gasteiger partial charge in [-0.3, -0.25) is 9.59 Å². The first kappa shape index (κ1) is 13.4. The summed E-state index contributed by atoms with van der Waals surface area (Å²) < 4.78 is 5.27. The smallest absolute Gasteiger partial charge is 0.261 e. The molecule has 17 heavy (non-hydrogen) atoms. The summed E-state index contributed by atoms with van der Waals surface area (Å²) in [5.41, 5.74) is 0.114. The third kappa shape index (κ3) is 3.42. The van der Waals surface area contributed by atoms with Gasteiger partial charge in [-0.1, -0.05) is 13.5 Å². The lowest BCUT2D eigenvalue weighted by Crippen LogP contribution is -2.39. The fraction of sp³-hybridized carbons (Fsp3) is 0.500. The number of rotatable bonds is 6. The van der Waals surface area contributed by atoms with Crippen molar-refractivity contribution >= 4 is 12.2 Å².